The molecule has 2 heteroatoms. The first-order chi connectivity index (χ1) is 8.49. The third-order valence-electron chi connectivity index (χ3n) is 2.99. The first kappa shape index (κ1) is 12.6. The Morgan fingerprint density at radius 1 is 1.28 bits per heavy atom. The smallest absolute Gasteiger partial charge is 0.0732 e. The molecule has 0 unspecified atom stereocenters. The zero-order valence-electron chi connectivity index (χ0n) is 11.1. The fourth-order valence-corrected chi connectivity index (χ4v) is 2.13. The van der Waals surface area contributed by atoms with Gasteiger partial charge in [-0.05, 0) is 29.5 Å². The third kappa shape index (κ3) is 2.87. The van der Waals surface area contributed by atoms with Crippen LogP contribution in [-0.4, -0.2) is 4.98 Å². The summed E-state index contributed by atoms with van der Waals surface area (Å²) < 4.78 is 0. The molecule has 0 saturated carbocycles. The van der Waals surface area contributed by atoms with Gasteiger partial charge in [-0.3, -0.25) is 4.98 Å². The molecule has 0 fully saturated rings. The van der Waals surface area contributed by atoms with E-state index in [-0.39, 0.29) is 11.3 Å². The van der Waals surface area contributed by atoms with Gasteiger partial charge in [0, 0.05) is 11.6 Å². The topological polar surface area (TPSA) is 36.7 Å². The largest absolute Gasteiger partial charge is 0.256 e. The van der Waals surface area contributed by atoms with Gasteiger partial charge in [0.25, 0.3) is 0 Å². The van der Waals surface area contributed by atoms with Gasteiger partial charge in [-0.1, -0.05) is 39.0 Å². The monoisotopic (exact) mass is 238 g/mol. The molecule has 2 aromatic rings. The van der Waals surface area contributed by atoms with Crippen LogP contribution in [0.15, 0.2) is 36.5 Å². The highest BCUT2D eigenvalue weighted by Crippen LogP contribution is 2.31. The first-order valence-electron chi connectivity index (χ1n) is 6.24. The molecule has 0 radical (unpaired) electrons. The van der Waals surface area contributed by atoms with E-state index in [1.165, 1.54) is 0 Å². The van der Waals surface area contributed by atoms with E-state index in [4.69, 9.17) is 0 Å². The predicted molar refractivity (Wildman–Crippen MR) is 74.2 cm³/mol. The molecule has 1 aromatic carbocycles. The number of hydrogen-bond acceptors (Lipinski definition) is 2. The van der Waals surface area contributed by atoms with E-state index in [0.717, 1.165) is 22.9 Å². The maximum absolute atomic E-state index is 9.34. The van der Waals surface area contributed by atoms with E-state index in [0.29, 0.717) is 0 Å². The second-order valence-corrected chi connectivity index (χ2v) is 5.91. The van der Waals surface area contributed by atoms with Crippen LogP contribution < -0.4 is 0 Å². The highest BCUT2D eigenvalue weighted by atomic mass is 14.7. The Morgan fingerprint density at radius 3 is 2.67 bits per heavy atom. The molecule has 0 aliphatic heterocycles. The van der Waals surface area contributed by atoms with Gasteiger partial charge in [0.1, 0.15) is 0 Å². The quantitative estimate of drug-likeness (QED) is 0.783. The van der Waals surface area contributed by atoms with Crippen LogP contribution in [-0.2, 0) is 0 Å². The zero-order chi connectivity index (χ0) is 13.2. The van der Waals surface area contributed by atoms with Crippen molar-refractivity contribution in [3.8, 4) is 6.07 Å². The lowest BCUT2D eigenvalue weighted by Gasteiger charge is -2.21. The number of benzene rings is 1. The summed E-state index contributed by atoms with van der Waals surface area (Å²) in [5.41, 5.74) is 2.14. The fraction of sp³-hybridized carbons (Fsp3) is 0.375. The molecular formula is C16H18N2. The van der Waals surface area contributed by atoms with Crippen molar-refractivity contribution in [2.24, 2.45) is 5.41 Å². The van der Waals surface area contributed by atoms with E-state index in [9.17, 15) is 5.26 Å². The van der Waals surface area contributed by atoms with Crippen molar-refractivity contribution < 1.29 is 0 Å². The molecule has 1 aromatic heterocycles. The van der Waals surface area contributed by atoms with Gasteiger partial charge < -0.3 is 0 Å². The highest BCUT2D eigenvalue weighted by Gasteiger charge is 2.20. The summed E-state index contributed by atoms with van der Waals surface area (Å²) in [7, 11) is 0. The normalized spacial score (nSPS) is 13.2. The van der Waals surface area contributed by atoms with Crippen molar-refractivity contribution in [2.75, 3.05) is 0 Å². The van der Waals surface area contributed by atoms with Gasteiger partial charge in [-0.25, -0.2) is 0 Å². The molecule has 0 aliphatic carbocycles. The molecule has 2 nitrogen and oxygen atoms in total. The Bertz CT molecular complexity index is 588. The van der Waals surface area contributed by atoms with Crippen LogP contribution in [0.5, 0.6) is 0 Å². The van der Waals surface area contributed by atoms with Crippen molar-refractivity contribution in [1.82, 2.24) is 4.98 Å². The minimum atomic E-state index is -0.0814. The summed E-state index contributed by atoms with van der Waals surface area (Å²) in [5.74, 6) is -0.0814. The Labute approximate surface area is 108 Å². The van der Waals surface area contributed by atoms with Crippen molar-refractivity contribution in [1.29, 1.82) is 5.26 Å². The SMILES string of the molecule is CC(C)(C)C[C@H](C#N)c1cnc2ccccc2c1. The Morgan fingerprint density at radius 2 is 2.00 bits per heavy atom. The molecule has 1 heterocycles. The molecule has 0 saturated heterocycles. The summed E-state index contributed by atoms with van der Waals surface area (Å²) in [6.07, 6.45) is 2.69. The lowest BCUT2D eigenvalue weighted by molar-refractivity contribution is 0.363. The number of fused-ring (bicyclic) bond motifs is 1. The minimum Gasteiger partial charge on any atom is -0.256 e. The Hall–Kier alpha value is -1.88. The van der Waals surface area contributed by atoms with Gasteiger partial charge in [0.15, 0.2) is 0 Å². The summed E-state index contributed by atoms with van der Waals surface area (Å²) in [6.45, 7) is 6.48. The molecule has 0 N–H and O–H groups in total. The van der Waals surface area contributed by atoms with Crippen molar-refractivity contribution >= 4 is 10.9 Å². The van der Waals surface area contributed by atoms with Crippen LogP contribution in [0.1, 0.15) is 38.7 Å². The van der Waals surface area contributed by atoms with Crippen LogP contribution in [0.4, 0.5) is 0 Å². The van der Waals surface area contributed by atoms with E-state index < -0.39 is 0 Å². The molecule has 1 atom stereocenters. The number of aromatic nitrogens is 1. The minimum absolute atomic E-state index is 0.0814. The van der Waals surface area contributed by atoms with Crippen molar-refractivity contribution in [3.63, 3.8) is 0 Å². The van der Waals surface area contributed by atoms with E-state index in [1.54, 1.807) is 0 Å². The number of hydrogen-bond donors (Lipinski definition) is 0. The first-order valence-corrected chi connectivity index (χ1v) is 6.24. The molecule has 0 aliphatic rings. The number of pyridine rings is 1. The Balaban J connectivity index is 2.37. The second-order valence-electron chi connectivity index (χ2n) is 5.91. The predicted octanol–water partition coefficient (Wildman–Crippen LogP) is 4.28. The number of nitrogens with zero attached hydrogens (tertiary/aromatic N) is 2. The van der Waals surface area contributed by atoms with Crippen molar-refractivity contribution in [3.05, 3.63) is 42.1 Å². The highest BCUT2D eigenvalue weighted by molar-refractivity contribution is 5.78. The van der Waals surface area contributed by atoms with Crippen LogP contribution in [0, 0.1) is 16.7 Å². The average Bonchev–Trinajstić information content (AvgIpc) is 2.34. The van der Waals surface area contributed by atoms with Crippen LogP contribution in [0.25, 0.3) is 10.9 Å². The zero-order valence-corrected chi connectivity index (χ0v) is 11.1. The van der Waals surface area contributed by atoms with Crippen LogP contribution in [0.2, 0.25) is 0 Å². The molecule has 0 amide bonds. The standard InChI is InChI=1S/C16H18N2/c1-16(2,3)9-14(10-17)13-8-12-6-4-5-7-15(12)18-11-13/h4-8,11,14H,9H2,1-3H3/t14-/m1/s1. The number of rotatable bonds is 2. The number of nitriles is 1. The lowest BCUT2D eigenvalue weighted by atomic mass is 9.82. The van der Waals surface area contributed by atoms with Gasteiger partial charge in [0.05, 0.1) is 17.5 Å². The molecule has 0 bridgehead atoms. The van der Waals surface area contributed by atoms with Crippen LogP contribution >= 0.6 is 0 Å². The van der Waals surface area contributed by atoms with Gasteiger partial charge in [-0.2, -0.15) is 5.26 Å². The molecule has 2 rings (SSSR count). The fourth-order valence-electron chi connectivity index (χ4n) is 2.13. The van der Waals surface area contributed by atoms with Crippen LogP contribution in [0.3, 0.4) is 0 Å². The molecular weight excluding hydrogens is 220 g/mol. The Kier molecular flexibility index (Phi) is 3.34. The summed E-state index contributed by atoms with van der Waals surface area (Å²) in [5, 5.41) is 10.4. The van der Waals surface area contributed by atoms with E-state index in [1.807, 2.05) is 30.5 Å². The lowest BCUT2D eigenvalue weighted by Crippen LogP contribution is -2.11. The van der Waals surface area contributed by atoms with Gasteiger partial charge in [0.2, 0.25) is 0 Å². The average molecular weight is 238 g/mol. The summed E-state index contributed by atoms with van der Waals surface area (Å²) in [6, 6.07) is 12.5. The summed E-state index contributed by atoms with van der Waals surface area (Å²) >= 11 is 0. The van der Waals surface area contributed by atoms with Crippen molar-refractivity contribution in [2.45, 2.75) is 33.1 Å². The molecule has 92 valence electrons. The molecule has 18 heavy (non-hydrogen) atoms. The maximum atomic E-state index is 9.34. The maximum Gasteiger partial charge on any atom is 0.0732 e. The van der Waals surface area contributed by atoms with Gasteiger partial charge >= 0.3 is 0 Å². The second kappa shape index (κ2) is 4.78. The molecule has 0 spiro atoms. The summed E-state index contributed by atoms with van der Waals surface area (Å²) in [4.78, 5) is 4.43. The van der Waals surface area contributed by atoms with E-state index in [2.05, 4.69) is 37.9 Å². The van der Waals surface area contributed by atoms with Gasteiger partial charge in [-0.15, -0.1) is 0 Å². The third-order valence-corrected chi connectivity index (χ3v) is 2.99. The van der Waals surface area contributed by atoms with E-state index >= 15 is 0 Å². The number of para-hydroxylation sites is 1.